The van der Waals surface area contributed by atoms with E-state index in [1.807, 2.05) is 75.9 Å². The van der Waals surface area contributed by atoms with Crippen molar-refractivity contribution in [2.45, 2.75) is 19.7 Å². The number of rotatable bonds is 7. The van der Waals surface area contributed by atoms with Gasteiger partial charge in [-0.25, -0.2) is 0 Å². The van der Waals surface area contributed by atoms with E-state index in [1.54, 1.807) is 0 Å². The molecule has 6 heteroatoms. The lowest BCUT2D eigenvalue weighted by molar-refractivity contribution is 0.274. The van der Waals surface area contributed by atoms with Crippen LogP contribution in [0.1, 0.15) is 11.1 Å². The fourth-order valence-corrected chi connectivity index (χ4v) is 3.51. The molecular formula is C23H24ClN3O2. The Morgan fingerprint density at radius 3 is 2.21 bits per heavy atom. The number of benzene rings is 3. The number of nitrogens with one attached hydrogen (secondary N) is 1. The summed E-state index contributed by atoms with van der Waals surface area (Å²) in [6.45, 7) is 1.39. The molecule has 150 valence electrons. The molecule has 0 saturated heterocycles. The lowest BCUT2D eigenvalue weighted by atomic mass is 10.1. The van der Waals surface area contributed by atoms with Gasteiger partial charge >= 0.3 is 0 Å². The Bertz CT molecular complexity index is 1120. The maximum absolute atomic E-state index is 9.49. The van der Waals surface area contributed by atoms with Gasteiger partial charge in [-0.15, -0.1) is 12.4 Å². The standard InChI is InChI=1S/C23H23N3O2.ClH/c24-23-25(14-15-27)21-13-7-10-19(17-28-20-11-5-2-6-12-20)22(21)26(23)16-18-8-3-1-4-9-18;/h1-13,24,27H,14-17H2;1H. The summed E-state index contributed by atoms with van der Waals surface area (Å²) in [5.74, 6) is 0.815. The van der Waals surface area contributed by atoms with Crippen molar-refractivity contribution in [3.05, 3.63) is 95.6 Å². The van der Waals surface area contributed by atoms with E-state index in [1.165, 1.54) is 0 Å². The van der Waals surface area contributed by atoms with Crippen molar-refractivity contribution in [3.8, 4) is 5.75 Å². The number of fused-ring (bicyclic) bond motifs is 1. The highest BCUT2D eigenvalue weighted by atomic mass is 35.5. The number of aromatic nitrogens is 2. The molecular weight excluding hydrogens is 386 g/mol. The van der Waals surface area contributed by atoms with Crippen molar-refractivity contribution < 1.29 is 9.84 Å². The molecule has 1 aromatic heterocycles. The van der Waals surface area contributed by atoms with Crippen molar-refractivity contribution in [2.75, 3.05) is 6.61 Å². The molecule has 4 rings (SSSR count). The van der Waals surface area contributed by atoms with E-state index in [4.69, 9.17) is 10.1 Å². The summed E-state index contributed by atoms with van der Waals surface area (Å²) in [7, 11) is 0. The van der Waals surface area contributed by atoms with Crippen LogP contribution in [0.5, 0.6) is 5.75 Å². The van der Waals surface area contributed by atoms with Gasteiger partial charge in [0, 0.05) is 12.1 Å². The molecule has 1 heterocycles. The molecule has 0 radical (unpaired) electrons. The Hall–Kier alpha value is -3.02. The minimum absolute atomic E-state index is 0. The highest BCUT2D eigenvalue weighted by Crippen LogP contribution is 2.21. The molecule has 0 bridgehead atoms. The summed E-state index contributed by atoms with van der Waals surface area (Å²) in [5, 5.41) is 18.2. The summed E-state index contributed by atoms with van der Waals surface area (Å²) in [6, 6.07) is 25.9. The Labute approximate surface area is 175 Å². The monoisotopic (exact) mass is 409 g/mol. The Balaban J connectivity index is 0.00000240. The first kappa shape index (κ1) is 20.7. The first-order valence-electron chi connectivity index (χ1n) is 9.36. The first-order valence-corrected chi connectivity index (χ1v) is 9.36. The molecule has 0 amide bonds. The van der Waals surface area contributed by atoms with Crippen LogP contribution in [-0.4, -0.2) is 20.8 Å². The highest BCUT2D eigenvalue weighted by molar-refractivity contribution is 5.85. The van der Waals surface area contributed by atoms with E-state index in [2.05, 4.69) is 12.1 Å². The van der Waals surface area contributed by atoms with E-state index in [9.17, 15) is 5.11 Å². The average molecular weight is 410 g/mol. The topological polar surface area (TPSA) is 63.2 Å². The minimum atomic E-state index is -0.00819. The fraction of sp³-hybridized carbons (Fsp3) is 0.174. The Kier molecular flexibility index (Phi) is 6.75. The second-order valence-electron chi connectivity index (χ2n) is 6.66. The van der Waals surface area contributed by atoms with Crippen LogP contribution in [0.25, 0.3) is 11.0 Å². The highest BCUT2D eigenvalue weighted by Gasteiger charge is 2.15. The van der Waals surface area contributed by atoms with Crippen LogP contribution in [0.15, 0.2) is 78.9 Å². The number of hydrogen-bond acceptors (Lipinski definition) is 3. The molecule has 0 fully saturated rings. The number of nitrogens with zero attached hydrogens (tertiary/aromatic N) is 2. The summed E-state index contributed by atoms with van der Waals surface area (Å²) < 4.78 is 9.82. The SMILES string of the molecule is Cl.N=c1n(CCO)c2cccc(COc3ccccc3)c2n1Cc1ccccc1. The lowest BCUT2D eigenvalue weighted by Crippen LogP contribution is -2.26. The second-order valence-corrected chi connectivity index (χ2v) is 6.66. The van der Waals surface area contributed by atoms with Gasteiger partial charge in [0.25, 0.3) is 0 Å². The lowest BCUT2D eigenvalue weighted by Gasteiger charge is -2.10. The molecule has 0 atom stereocenters. The third kappa shape index (κ3) is 4.36. The van der Waals surface area contributed by atoms with Gasteiger partial charge in [-0.2, -0.15) is 0 Å². The predicted octanol–water partition coefficient (Wildman–Crippen LogP) is 3.96. The number of para-hydroxylation sites is 2. The third-order valence-electron chi connectivity index (χ3n) is 4.82. The molecule has 0 aliphatic rings. The van der Waals surface area contributed by atoms with E-state index >= 15 is 0 Å². The smallest absolute Gasteiger partial charge is 0.203 e. The van der Waals surface area contributed by atoms with Gasteiger partial charge in [0.15, 0.2) is 0 Å². The van der Waals surface area contributed by atoms with Crippen LogP contribution >= 0.6 is 12.4 Å². The van der Waals surface area contributed by atoms with Gasteiger partial charge in [0.05, 0.1) is 24.2 Å². The van der Waals surface area contributed by atoms with Crippen molar-refractivity contribution in [3.63, 3.8) is 0 Å². The van der Waals surface area contributed by atoms with Crippen LogP contribution in [0.3, 0.4) is 0 Å². The van der Waals surface area contributed by atoms with Crippen LogP contribution in [0, 0.1) is 5.41 Å². The van der Waals surface area contributed by atoms with Gasteiger partial charge in [-0.3, -0.25) is 5.41 Å². The third-order valence-corrected chi connectivity index (χ3v) is 4.82. The van der Waals surface area contributed by atoms with Gasteiger partial charge < -0.3 is 19.0 Å². The molecule has 0 aliphatic heterocycles. The van der Waals surface area contributed by atoms with Gasteiger partial charge in [-0.05, 0) is 23.8 Å². The first-order chi connectivity index (χ1) is 13.8. The van der Waals surface area contributed by atoms with Crippen LogP contribution < -0.4 is 10.4 Å². The van der Waals surface area contributed by atoms with E-state index in [0.717, 1.165) is 27.9 Å². The van der Waals surface area contributed by atoms with Gasteiger partial charge in [-0.1, -0.05) is 60.7 Å². The number of aliphatic hydroxyl groups excluding tert-OH is 1. The summed E-state index contributed by atoms with van der Waals surface area (Å²) in [6.07, 6.45) is 0. The molecule has 2 N–H and O–H groups in total. The van der Waals surface area contributed by atoms with Crippen LogP contribution in [0.4, 0.5) is 0 Å². The summed E-state index contributed by atoms with van der Waals surface area (Å²) in [4.78, 5) is 0. The van der Waals surface area contributed by atoms with Gasteiger partial charge in [0.2, 0.25) is 5.62 Å². The molecule has 0 aliphatic carbocycles. The Morgan fingerprint density at radius 2 is 1.52 bits per heavy atom. The maximum Gasteiger partial charge on any atom is 0.203 e. The predicted molar refractivity (Wildman–Crippen MR) is 116 cm³/mol. The largest absolute Gasteiger partial charge is 0.489 e. The molecule has 0 unspecified atom stereocenters. The molecule has 0 saturated carbocycles. The quantitative estimate of drug-likeness (QED) is 0.485. The zero-order valence-corrected chi connectivity index (χ0v) is 16.8. The second kappa shape index (κ2) is 9.45. The van der Waals surface area contributed by atoms with Gasteiger partial charge in [0.1, 0.15) is 12.4 Å². The summed E-state index contributed by atoms with van der Waals surface area (Å²) in [5.41, 5.74) is 4.43. The number of halogens is 1. The van der Waals surface area contributed by atoms with Crippen LogP contribution in [0.2, 0.25) is 0 Å². The number of imidazole rings is 1. The normalized spacial score (nSPS) is 10.7. The van der Waals surface area contributed by atoms with Crippen molar-refractivity contribution in [1.29, 1.82) is 5.41 Å². The number of aliphatic hydroxyl groups is 1. The van der Waals surface area contributed by atoms with Crippen molar-refractivity contribution in [1.82, 2.24) is 9.13 Å². The van der Waals surface area contributed by atoms with E-state index in [-0.39, 0.29) is 19.0 Å². The summed E-state index contributed by atoms with van der Waals surface area (Å²) >= 11 is 0. The van der Waals surface area contributed by atoms with Crippen molar-refractivity contribution >= 4 is 23.4 Å². The molecule has 5 nitrogen and oxygen atoms in total. The van der Waals surface area contributed by atoms with Crippen LogP contribution in [-0.2, 0) is 19.7 Å². The molecule has 29 heavy (non-hydrogen) atoms. The van der Waals surface area contributed by atoms with Crippen molar-refractivity contribution in [2.24, 2.45) is 0 Å². The fourth-order valence-electron chi connectivity index (χ4n) is 3.51. The zero-order chi connectivity index (χ0) is 19.3. The Morgan fingerprint density at radius 1 is 0.828 bits per heavy atom. The average Bonchev–Trinajstić information content (AvgIpc) is 3.00. The molecule has 3 aromatic carbocycles. The maximum atomic E-state index is 9.49. The number of ether oxygens (including phenoxy) is 1. The van der Waals surface area contributed by atoms with E-state index < -0.39 is 0 Å². The van der Waals surface area contributed by atoms with E-state index in [0.29, 0.717) is 25.3 Å². The molecule has 0 spiro atoms. The zero-order valence-electron chi connectivity index (χ0n) is 16.0. The molecule has 4 aromatic rings. The minimum Gasteiger partial charge on any atom is -0.489 e. The number of hydrogen-bond donors (Lipinski definition) is 2.